The molecule has 2 aromatic carbocycles. The predicted octanol–water partition coefficient (Wildman–Crippen LogP) is 4.01. The number of anilines is 2. The fourth-order valence-corrected chi connectivity index (χ4v) is 4.38. The number of nitrogens with one attached hydrogen (secondary N) is 3. The largest absolute Gasteiger partial charge is 0.481 e. The standard InChI is InChI=1S/C24H23N5O3S/c30-22(31)14-21(17-2-1-11-25-15-17)33-20-9-7-18(8-10-20)28-23(32)16-3-5-19(6-4-16)29-24-26-12-13-27-24/h1-11,15,21H,12-14H2,(H,28,32)(H,30,31)(H2,26,27,29). The quantitative estimate of drug-likeness (QED) is 0.375. The van der Waals surface area contributed by atoms with Crippen LogP contribution in [0.4, 0.5) is 11.4 Å². The number of carboxylic acid groups (broad SMARTS) is 1. The van der Waals surface area contributed by atoms with Crippen LogP contribution in [0.5, 0.6) is 0 Å². The molecule has 33 heavy (non-hydrogen) atoms. The van der Waals surface area contributed by atoms with Crippen molar-refractivity contribution in [3.05, 3.63) is 84.2 Å². The maximum absolute atomic E-state index is 12.6. The molecule has 3 aromatic rings. The summed E-state index contributed by atoms with van der Waals surface area (Å²) in [5.41, 5.74) is 2.91. The van der Waals surface area contributed by atoms with E-state index in [2.05, 4.69) is 25.9 Å². The van der Waals surface area contributed by atoms with Crippen molar-refractivity contribution in [3.8, 4) is 0 Å². The minimum absolute atomic E-state index is 0.0108. The number of benzene rings is 2. The molecule has 0 radical (unpaired) electrons. The van der Waals surface area contributed by atoms with E-state index < -0.39 is 5.97 Å². The molecular formula is C24H23N5O3S. The highest BCUT2D eigenvalue weighted by molar-refractivity contribution is 7.99. The van der Waals surface area contributed by atoms with E-state index in [4.69, 9.17) is 0 Å². The average Bonchev–Trinajstić information content (AvgIpc) is 3.34. The van der Waals surface area contributed by atoms with E-state index in [1.165, 1.54) is 11.8 Å². The van der Waals surface area contributed by atoms with E-state index in [0.717, 1.165) is 35.2 Å². The zero-order chi connectivity index (χ0) is 23.0. The highest BCUT2D eigenvalue weighted by atomic mass is 32.2. The number of carboxylic acids is 1. The lowest BCUT2D eigenvalue weighted by Crippen LogP contribution is -2.26. The average molecular weight is 462 g/mol. The molecule has 9 heteroatoms. The summed E-state index contributed by atoms with van der Waals surface area (Å²) >= 11 is 1.45. The van der Waals surface area contributed by atoms with Crippen molar-refractivity contribution in [1.82, 2.24) is 10.3 Å². The van der Waals surface area contributed by atoms with Crippen molar-refractivity contribution in [2.24, 2.45) is 4.99 Å². The number of carbonyl (C=O) groups is 2. The maximum Gasteiger partial charge on any atom is 0.304 e. The van der Waals surface area contributed by atoms with Gasteiger partial charge in [-0.15, -0.1) is 11.8 Å². The number of carbonyl (C=O) groups excluding carboxylic acids is 1. The molecule has 2 heterocycles. The molecule has 1 amide bonds. The molecule has 0 fully saturated rings. The molecule has 168 valence electrons. The van der Waals surface area contributed by atoms with Crippen LogP contribution < -0.4 is 16.0 Å². The van der Waals surface area contributed by atoms with Gasteiger partial charge in [0.25, 0.3) is 5.91 Å². The van der Waals surface area contributed by atoms with Gasteiger partial charge in [-0.2, -0.15) is 0 Å². The van der Waals surface area contributed by atoms with Crippen molar-refractivity contribution in [3.63, 3.8) is 0 Å². The number of aliphatic imine (C=N–C) groups is 1. The van der Waals surface area contributed by atoms with Gasteiger partial charge in [0.1, 0.15) is 0 Å². The van der Waals surface area contributed by atoms with Crippen LogP contribution in [-0.2, 0) is 4.79 Å². The van der Waals surface area contributed by atoms with Crippen LogP contribution in [0.3, 0.4) is 0 Å². The topological polar surface area (TPSA) is 116 Å². The van der Waals surface area contributed by atoms with E-state index in [1.807, 2.05) is 30.3 Å². The van der Waals surface area contributed by atoms with Crippen molar-refractivity contribution in [1.29, 1.82) is 0 Å². The lowest BCUT2D eigenvalue weighted by atomic mass is 10.1. The van der Waals surface area contributed by atoms with Crippen molar-refractivity contribution in [2.75, 3.05) is 23.7 Å². The van der Waals surface area contributed by atoms with Gasteiger partial charge in [-0.3, -0.25) is 19.6 Å². The fraction of sp³-hybridized carbons (Fsp3) is 0.167. The molecule has 1 aromatic heterocycles. The maximum atomic E-state index is 12.6. The Kier molecular flexibility index (Phi) is 7.21. The second-order valence-electron chi connectivity index (χ2n) is 7.33. The highest BCUT2D eigenvalue weighted by Gasteiger charge is 2.17. The summed E-state index contributed by atoms with van der Waals surface area (Å²) in [5, 5.41) is 18.2. The normalized spacial score (nSPS) is 13.5. The SMILES string of the molecule is O=C(O)CC(Sc1ccc(NC(=O)c2ccc(NC3=NCCN3)cc2)cc1)c1cccnc1. The van der Waals surface area contributed by atoms with Crippen molar-refractivity contribution < 1.29 is 14.7 Å². The van der Waals surface area contributed by atoms with Crippen LogP contribution in [0, 0.1) is 0 Å². The second-order valence-corrected chi connectivity index (χ2v) is 8.60. The Morgan fingerprint density at radius 3 is 2.45 bits per heavy atom. The minimum atomic E-state index is -0.867. The van der Waals surface area contributed by atoms with Crippen LogP contribution in [-0.4, -0.2) is 41.0 Å². The Labute approximate surface area is 195 Å². The van der Waals surface area contributed by atoms with Gasteiger partial charge in [0.05, 0.1) is 13.0 Å². The van der Waals surface area contributed by atoms with Crippen LogP contribution in [0.15, 0.2) is 82.9 Å². The molecule has 1 atom stereocenters. The highest BCUT2D eigenvalue weighted by Crippen LogP contribution is 2.37. The Morgan fingerprint density at radius 2 is 1.82 bits per heavy atom. The molecule has 0 saturated carbocycles. The molecule has 1 unspecified atom stereocenters. The van der Waals surface area contributed by atoms with Crippen LogP contribution in [0.2, 0.25) is 0 Å². The lowest BCUT2D eigenvalue weighted by Gasteiger charge is -2.15. The first-order chi connectivity index (χ1) is 16.1. The number of rotatable bonds is 8. The summed E-state index contributed by atoms with van der Waals surface area (Å²) in [6.07, 6.45) is 3.34. The first kappa shape index (κ1) is 22.3. The van der Waals surface area contributed by atoms with Gasteiger partial charge in [-0.25, -0.2) is 0 Å². The molecule has 0 spiro atoms. The summed E-state index contributed by atoms with van der Waals surface area (Å²) in [4.78, 5) is 33.2. The molecule has 4 N–H and O–H groups in total. The van der Waals surface area contributed by atoms with Gasteiger partial charge < -0.3 is 21.1 Å². The molecular weight excluding hydrogens is 438 g/mol. The van der Waals surface area contributed by atoms with Crippen LogP contribution in [0.25, 0.3) is 0 Å². The summed E-state index contributed by atoms with van der Waals surface area (Å²) in [6, 6.07) is 18.2. The van der Waals surface area contributed by atoms with E-state index >= 15 is 0 Å². The number of aliphatic carboxylic acids is 1. The number of nitrogens with zero attached hydrogens (tertiary/aromatic N) is 2. The Bertz CT molecular complexity index is 1140. The van der Waals surface area contributed by atoms with E-state index in [1.54, 1.807) is 42.7 Å². The van der Waals surface area contributed by atoms with Gasteiger partial charge in [0.2, 0.25) is 0 Å². The summed E-state index contributed by atoms with van der Waals surface area (Å²) < 4.78 is 0. The number of hydrogen-bond donors (Lipinski definition) is 4. The molecule has 8 nitrogen and oxygen atoms in total. The zero-order valence-corrected chi connectivity index (χ0v) is 18.5. The molecule has 1 aliphatic heterocycles. The third kappa shape index (κ3) is 6.33. The van der Waals surface area contributed by atoms with Crippen LogP contribution in [0.1, 0.15) is 27.6 Å². The summed E-state index contributed by atoms with van der Waals surface area (Å²) in [5.74, 6) is -0.342. The molecule has 1 aliphatic rings. The minimum Gasteiger partial charge on any atom is -0.481 e. The van der Waals surface area contributed by atoms with Crippen molar-refractivity contribution >= 4 is 41.0 Å². The van der Waals surface area contributed by atoms with E-state index in [9.17, 15) is 14.7 Å². The van der Waals surface area contributed by atoms with E-state index in [-0.39, 0.29) is 17.6 Å². The number of amides is 1. The van der Waals surface area contributed by atoms with Gasteiger partial charge in [-0.1, -0.05) is 6.07 Å². The van der Waals surface area contributed by atoms with Gasteiger partial charge in [0, 0.05) is 46.0 Å². The van der Waals surface area contributed by atoms with Crippen molar-refractivity contribution in [2.45, 2.75) is 16.6 Å². The van der Waals surface area contributed by atoms with Gasteiger partial charge in [-0.05, 0) is 60.2 Å². The number of hydrogen-bond acceptors (Lipinski definition) is 7. The van der Waals surface area contributed by atoms with Crippen LogP contribution >= 0.6 is 11.8 Å². The zero-order valence-electron chi connectivity index (χ0n) is 17.7. The van der Waals surface area contributed by atoms with Gasteiger partial charge in [0.15, 0.2) is 5.96 Å². The summed E-state index contributed by atoms with van der Waals surface area (Å²) in [7, 11) is 0. The Morgan fingerprint density at radius 1 is 1.06 bits per heavy atom. The second kappa shape index (κ2) is 10.6. The summed E-state index contributed by atoms with van der Waals surface area (Å²) in [6.45, 7) is 1.58. The Hall–Kier alpha value is -3.85. The first-order valence-electron chi connectivity index (χ1n) is 10.4. The third-order valence-corrected chi connectivity index (χ3v) is 6.16. The van der Waals surface area contributed by atoms with E-state index in [0.29, 0.717) is 11.3 Å². The molecule has 4 rings (SSSR count). The fourth-order valence-electron chi connectivity index (χ4n) is 3.26. The Balaban J connectivity index is 1.36. The number of aromatic nitrogens is 1. The first-order valence-corrected chi connectivity index (χ1v) is 11.3. The molecule has 0 saturated heterocycles. The smallest absolute Gasteiger partial charge is 0.304 e. The monoisotopic (exact) mass is 461 g/mol. The number of pyridine rings is 1. The predicted molar refractivity (Wildman–Crippen MR) is 130 cm³/mol. The van der Waals surface area contributed by atoms with Gasteiger partial charge >= 0.3 is 5.97 Å². The molecule has 0 bridgehead atoms. The third-order valence-electron chi connectivity index (χ3n) is 4.89. The number of thioether (sulfide) groups is 1. The number of guanidine groups is 1. The molecule has 0 aliphatic carbocycles. The lowest BCUT2D eigenvalue weighted by molar-refractivity contribution is -0.137.